The summed E-state index contributed by atoms with van der Waals surface area (Å²) >= 11 is 6.06. The van der Waals surface area contributed by atoms with Crippen LogP contribution in [0.3, 0.4) is 0 Å². The van der Waals surface area contributed by atoms with Gasteiger partial charge in [0.1, 0.15) is 17.1 Å². The Balaban J connectivity index is 1.36. The number of ether oxygens (including phenoxy) is 1. The van der Waals surface area contributed by atoms with Crippen molar-refractivity contribution >= 4 is 52.6 Å². The highest BCUT2D eigenvalue weighted by atomic mass is 35.5. The van der Waals surface area contributed by atoms with Crippen LogP contribution < -0.4 is 14.5 Å². The number of fused-ring (bicyclic) bond motifs is 4. The van der Waals surface area contributed by atoms with E-state index in [2.05, 4.69) is 0 Å². The average Bonchev–Trinajstić information content (AvgIpc) is 3.43. The van der Waals surface area contributed by atoms with Crippen molar-refractivity contribution in [2.45, 2.75) is 32.6 Å². The molecule has 0 radical (unpaired) electrons. The molecular weight excluding hydrogens is 659 g/mol. The van der Waals surface area contributed by atoms with Crippen LogP contribution in [0.5, 0.6) is 17.2 Å². The number of phenols is 2. The zero-order valence-electron chi connectivity index (χ0n) is 26.2. The molecule has 2 aliphatic heterocycles. The van der Waals surface area contributed by atoms with Crippen LogP contribution >= 0.6 is 11.6 Å². The monoisotopic (exact) mass is 688 g/mol. The number of aromatic carboxylic acids is 1. The van der Waals surface area contributed by atoms with Crippen molar-refractivity contribution < 1.29 is 48.4 Å². The number of phenolic OH excluding ortho intramolecular Hbond substituents is 1. The van der Waals surface area contributed by atoms with E-state index in [1.807, 2.05) is 6.08 Å². The number of carboxylic acids is 1. The molecule has 6 atom stereocenters. The minimum atomic E-state index is -1.41. The SMILES string of the molecule is CCOc1cc(C2C3=CCC4C(=O)N(c5ccc(C(=O)O)c(O)c5)C(=O)C4C3CC3C(=O)N(c4ccc(F)c(Cl)c4)C(=O)C32C)ccc1O. The normalized spacial score (nSPS) is 27.5. The highest BCUT2D eigenvalue weighted by Gasteiger charge is 2.67. The Hall–Kier alpha value is -5.23. The molecule has 4 aliphatic rings. The van der Waals surface area contributed by atoms with Crippen LogP contribution in [-0.4, -0.2) is 51.5 Å². The summed E-state index contributed by atoms with van der Waals surface area (Å²) in [4.78, 5) is 70.4. The van der Waals surface area contributed by atoms with Gasteiger partial charge in [0.05, 0.1) is 46.2 Å². The fourth-order valence-corrected chi connectivity index (χ4v) is 8.52. The van der Waals surface area contributed by atoms with E-state index >= 15 is 0 Å². The lowest BCUT2D eigenvalue weighted by Crippen LogP contribution is -2.48. The van der Waals surface area contributed by atoms with Gasteiger partial charge in [-0.2, -0.15) is 0 Å². The Morgan fingerprint density at radius 3 is 2.33 bits per heavy atom. The Kier molecular flexibility index (Phi) is 7.55. The molecule has 13 heteroatoms. The van der Waals surface area contributed by atoms with E-state index in [0.717, 1.165) is 28.0 Å². The summed E-state index contributed by atoms with van der Waals surface area (Å²) in [6, 6.07) is 11.7. The molecule has 6 unspecified atom stereocenters. The first-order valence-electron chi connectivity index (χ1n) is 15.7. The molecule has 2 heterocycles. The number of hydrogen-bond acceptors (Lipinski definition) is 8. The molecule has 4 amide bonds. The Morgan fingerprint density at radius 1 is 0.939 bits per heavy atom. The third-order valence-corrected chi connectivity index (χ3v) is 10.8. The van der Waals surface area contributed by atoms with Crippen molar-refractivity contribution in [2.75, 3.05) is 16.4 Å². The number of anilines is 2. The number of allylic oxidation sites excluding steroid dienone is 2. The number of amides is 4. The van der Waals surface area contributed by atoms with Gasteiger partial charge in [0.25, 0.3) is 0 Å². The van der Waals surface area contributed by atoms with Crippen LogP contribution in [0.4, 0.5) is 15.8 Å². The molecule has 7 rings (SSSR count). The number of aromatic hydroxyl groups is 2. The van der Waals surface area contributed by atoms with Crippen molar-refractivity contribution in [1.29, 1.82) is 0 Å². The van der Waals surface area contributed by atoms with E-state index in [-0.39, 0.29) is 47.3 Å². The van der Waals surface area contributed by atoms with Crippen molar-refractivity contribution in [1.82, 2.24) is 0 Å². The quantitative estimate of drug-likeness (QED) is 0.227. The number of rotatable bonds is 6. The molecule has 49 heavy (non-hydrogen) atoms. The molecule has 0 spiro atoms. The van der Waals surface area contributed by atoms with Crippen molar-refractivity contribution in [3.8, 4) is 17.2 Å². The van der Waals surface area contributed by atoms with Crippen LogP contribution in [0, 0.1) is 34.9 Å². The number of benzene rings is 3. The largest absolute Gasteiger partial charge is 0.507 e. The van der Waals surface area contributed by atoms with E-state index in [9.17, 15) is 43.7 Å². The van der Waals surface area contributed by atoms with Gasteiger partial charge in [0, 0.05) is 12.0 Å². The van der Waals surface area contributed by atoms with E-state index in [4.69, 9.17) is 16.3 Å². The van der Waals surface area contributed by atoms with Gasteiger partial charge in [-0.1, -0.05) is 29.3 Å². The lowest BCUT2D eigenvalue weighted by atomic mass is 9.51. The summed E-state index contributed by atoms with van der Waals surface area (Å²) in [5, 5.41) is 29.9. The maximum Gasteiger partial charge on any atom is 0.339 e. The van der Waals surface area contributed by atoms with Gasteiger partial charge < -0.3 is 20.1 Å². The van der Waals surface area contributed by atoms with E-state index in [1.54, 1.807) is 26.0 Å². The fraction of sp³-hybridized carbons (Fsp3) is 0.306. The van der Waals surface area contributed by atoms with Gasteiger partial charge in [-0.05, 0) is 80.6 Å². The van der Waals surface area contributed by atoms with Gasteiger partial charge in [-0.25, -0.2) is 19.0 Å². The molecule has 3 N–H and O–H groups in total. The summed E-state index contributed by atoms with van der Waals surface area (Å²) in [6.45, 7) is 3.67. The summed E-state index contributed by atoms with van der Waals surface area (Å²) in [5.41, 5.74) is -0.467. The van der Waals surface area contributed by atoms with Crippen LogP contribution in [0.25, 0.3) is 0 Å². The molecule has 252 valence electrons. The molecule has 2 aliphatic carbocycles. The predicted molar refractivity (Wildman–Crippen MR) is 173 cm³/mol. The number of carboxylic acid groups (broad SMARTS) is 1. The zero-order valence-corrected chi connectivity index (χ0v) is 27.0. The maximum atomic E-state index is 14.6. The first-order valence-corrected chi connectivity index (χ1v) is 16.1. The molecule has 2 saturated heterocycles. The van der Waals surface area contributed by atoms with Gasteiger partial charge in [-0.15, -0.1) is 0 Å². The minimum absolute atomic E-state index is 0.0111. The maximum absolute atomic E-state index is 14.6. The second-order valence-electron chi connectivity index (χ2n) is 12.9. The van der Waals surface area contributed by atoms with Crippen LogP contribution in [0.15, 0.2) is 66.2 Å². The molecule has 3 aromatic carbocycles. The average molecular weight is 689 g/mol. The zero-order chi connectivity index (χ0) is 35.1. The first-order chi connectivity index (χ1) is 23.3. The van der Waals surface area contributed by atoms with Crippen molar-refractivity contribution in [3.05, 3.63) is 88.2 Å². The predicted octanol–water partition coefficient (Wildman–Crippen LogP) is 5.42. The number of halogens is 2. The number of nitrogens with zero attached hydrogens (tertiary/aromatic N) is 2. The highest BCUT2D eigenvalue weighted by Crippen LogP contribution is 2.64. The third kappa shape index (κ3) is 4.64. The number of hydrogen-bond donors (Lipinski definition) is 3. The molecule has 3 aromatic rings. The number of carbonyl (C=O) groups excluding carboxylic acids is 4. The smallest absolute Gasteiger partial charge is 0.339 e. The standard InChI is InChI=1S/C36H30ClFN2O9/c1-3-49-28-12-16(4-11-26(28)41)30-19-8-9-21-29(33(45)39(31(21)43)18-5-7-20(34(46)47)27(42)14-18)22(19)15-23-32(44)40(35(48)36(23,30)2)17-6-10-25(38)24(37)13-17/h4-8,10-14,21-23,29-30,41-42H,3,9,15H2,1-2H3,(H,46,47). The summed E-state index contributed by atoms with van der Waals surface area (Å²) in [7, 11) is 0. The van der Waals surface area contributed by atoms with Crippen LogP contribution in [0.1, 0.15) is 48.5 Å². The summed E-state index contributed by atoms with van der Waals surface area (Å²) < 4.78 is 19.8. The molecule has 0 bridgehead atoms. The highest BCUT2D eigenvalue weighted by molar-refractivity contribution is 6.32. The van der Waals surface area contributed by atoms with Crippen molar-refractivity contribution in [2.24, 2.45) is 29.1 Å². The molecular formula is C36H30ClFN2O9. The van der Waals surface area contributed by atoms with E-state index < -0.39 is 81.7 Å². The fourth-order valence-electron chi connectivity index (χ4n) is 8.34. The van der Waals surface area contributed by atoms with Gasteiger partial charge in [0.2, 0.25) is 23.6 Å². The molecule has 1 saturated carbocycles. The second kappa shape index (κ2) is 11.4. The van der Waals surface area contributed by atoms with Crippen LogP contribution in [0.2, 0.25) is 5.02 Å². The lowest BCUT2D eigenvalue weighted by Gasteiger charge is -2.49. The van der Waals surface area contributed by atoms with Gasteiger partial charge >= 0.3 is 5.97 Å². The van der Waals surface area contributed by atoms with E-state index in [0.29, 0.717) is 11.1 Å². The topological polar surface area (TPSA) is 162 Å². The Morgan fingerprint density at radius 2 is 1.65 bits per heavy atom. The molecule has 0 aromatic heterocycles. The summed E-state index contributed by atoms with van der Waals surface area (Å²) in [5.74, 6) is -9.08. The number of imide groups is 2. The van der Waals surface area contributed by atoms with Gasteiger partial charge in [0.15, 0.2) is 11.5 Å². The minimum Gasteiger partial charge on any atom is -0.507 e. The summed E-state index contributed by atoms with van der Waals surface area (Å²) in [6.07, 6.45) is 2.03. The Labute approximate surface area is 284 Å². The van der Waals surface area contributed by atoms with Crippen molar-refractivity contribution in [3.63, 3.8) is 0 Å². The second-order valence-corrected chi connectivity index (χ2v) is 13.3. The molecule has 11 nitrogen and oxygen atoms in total. The Bertz CT molecular complexity index is 2030. The molecule has 3 fully saturated rings. The lowest BCUT2D eigenvalue weighted by molar-refractivity contribution is -0.131. The van der Waals surface area contributed by atoms with E-state index in [1.165, 1.54) is 24.3 Å². The third-order valence-electron chi connectivity index (χ3n) is 10.5. The first kappa shape index (κ1) is 32.3. The van der Waals surface area contributed by atoms with Crippen LogP contribution in [-0.2, 0) is 19.2 Å². The van der Waals surface area contributed by atoms with Gasteiger partial charge in [-0.3, -0.25) is 19.2 Å². The number of carbonyl (C=O) groups is 5.